The molecule has 4 aliphatic rings. The number of oxime groups is 1. The number of fused-ring (bicyclic) bond motifs is 5. The van der Waals surface area contributed by atoms with E-state index in [9.17, 15) is 19.5 Å². The number of allylic oxidation sites excluding steroid dienone is 2. The molecule has 8 nitrogen and oxygen atoms in total. The van der Waals surface area contributed by atoms with Gasteiger partial charge < -0.3 is 20.4 Å². The fraction of sp³-hybridized carbons (Fsp3) is 0.769. The number of carboxylic acid groups (broad SMARTS) is 1. The Morgan fingerprint density at radius 1 is 1.17 bits per heavy atom. The summed E-state index contributed by atoms with van der Waals surface area (Å²) < 4.78 is 0. The van der Waals surface area contributed by atoms with Crippen molar-refractivity contribution in [3.63, 3.8) is 0 Å². The van der Waals surface area contributed by atoms with Crippen molar-refractivity contribution in [2.75, 3.05) is 12.4 Å². The number of hydrogen-bond donors (Lipinski definition) is 4. The Morgan fingerprint density at radius 2 is 1.89 bits per heavy atom. The average molecular weight is 507 g/mol. The molecule has 4 unspecified atom stereocenters. The normalized spacial score (nSPS) is 40.1. The van der Waals surface area contributed by atoms with E-state index in [1.165, 1.54) is 5.57 Å². The highest BCUT2D eigenvalue weighted by Crippen LogP contribution is 2.67. The van der Waals surface area contributed by atoms with Gasteiger partial charge in [0.05, 0.1) is 5.71 Å². The van der Waals surface area contributed by atoms with Crippen molar-refractivity contribution in [1.82, 2.24) is 5.32 Å². The Morgan fingerprint density at radius 3 is 2.54 bits per heavy atom. The maximum Gasteiger partial charge on any atom is 0.327 e. The monoisotopic (exact) mass is 506 g/mol. The number of aliphatic carboxylic acids is 1. The smallest absolute Gasteiger partial charge is 0.327 e. The summed E-state index contributed by atoms with van der Waals surface area (Å²) in [7, 11) is 0. The van der Waals surface area contributed by atoms with E-state index in [0.717, 1.165) is 50.7 Å². The molecule has 0 aliphatic heterocycles. The van der Waals surface area contributed by atoms with Crippen molar-refractivity contribution in [3.05, 3.63) is 11.6 Å². The highest BCUT2D eigenvalue weighted by atomic mass is 32.1. The summed E-state index contributed by atoms with van der Waals surface area (Å²) in [6.45, 7) is 5.70. The number of carbonyl (C=O) groups excluding carboxylic acids is 2. The van der Waals surface area contributed by atoms with E-state index < -0.39 is 23.5 Å². The molecule has 194 valence electrons. The number of carbonyl (C=O) groups is 3. The van der Waals surface area contributed by atoms with Crippen LogP contribution in [0.25, 0.3) is 0 Å². The summed E-state index contributed by atoms with van der Waals surface area (Å²) in [5.41, 5.74) is 0.729. The first-order valence-electron chi connectivity index (χ1n) is 12.7. The number of thiol groups is 1. The summed E-state index contributed by atoms with van der Waals surface area (Å²) in [6.07, 6.45) is 9.23. The van der Waals surface area contributed by atoms with E-state index >= 15 is 0 Å². The molecular weight excluding hydrogens is 468 g/mol. The van der Waals surface area contributed by atoms with Crippen LogP contribution in [0.5, 0.6) is 0 Å². The highest BCUT2D eigenvalue weighted by molar-refractivity contribution is 7.80. The molecule has 9 heteroatoms. The average Bonchev–Trinajstić information content (AvgIpc) is 3.09. The second-order valence-electron chi connectivity index (χ2n) is 11.4. The van der Waals surface area contributed by atoms with Gasteiger partial charge in [0, 0.05) is 11.2 Å². The summed E-state index contributed by atoms with van der Waals surface area (Å²) in [5, 5.41) is 26.8. The summed E-state index contributed by atoms with van der Waals surface area (Å²) in [5.74, 6) is -0.363. The largest absolute Gasteiger partial charge is 0.480 e. The third kappa shape index (κ3) is 4.32. The minimum Gasteiger partial charge on any atom is -0.480 e. The molecule has 1 amide bonds. The van der Waals surface area contributed by atoms with Gasteiger partial charge in [0.1, 0.15) is 11.6 Å². The zero-order valence-electron chi connectivity index (χ0n) is 20.9. The Labute approximate surface area is 212 Å². The van der Waals surface area contributed by atoms with Gasteiger partial charge in [-0.25, -0.2) is 4.79 Å². The molecule has 35 heavy (non-hydrogen) atoms. The van der Waals surface area contributed by atoms with Crippen molar-refractivity contribution >= 4 is 36.0 Å². The van der Waals surface area contributed by atoms with Crippen LogP contribution >= 0.6 is 12.6 Å². The Kier molecular flexibility index (Phi) is 7.14. The highest BCUT2D eigenvalue weighted by Gasteiger charge is 2.65. The quantitative estimate of drug-likeness (QED) is 0.311. The SMILES string of the molecule is CC(=O)[C@@]1(O)CCC2C3CCC4=CC(=NOCC(=O)NC(CS)C(=O)O)CC[C@]4(C)C3CC[C@@]21C. The van der Waals surface area contributed by atoms with Crippen LogP contribution in [-0.4, -0.2) is 57.6 Å². The molecule has 0 spiro atoms. The molecule has 3 saturated carbocycles. The Hall–Kier alpha value is -1.87. The second kappa shape index (κ2) is 9.54. The predicted molar refractivity (Wildman–Crippen MR) is 134 cm³/mol. The first-order valence-corrected chi connectivity index (χ1v) is 13.4. The van der Waals surface area contributed by atoms with Gasteiger partial charge in [-0.05, 0) is 87.5 Å². The predicted octanol–water partition coefficient (Wildman–Crippen LogP) is 3.14. The van der Waals surface area contributed by atoms with Crippen LogP contribution < -0.4 is 5.32 Å². The molecule has 0 bridgehead atoms. The number of ketones is 1. The van der Waals surface area contributed by atoms with E-state index in [0.29, 0.717) is 24.2 Å². The number of hydrogen-bond acceptors (Lipinski definition) is 7. The fourth-order valence-electron chi connectivity index (χ4n) is 7.83. The van der Waals surface area contributed by atoms with E-state index in [2.05, 4.69) is 43.0 Å². The minimum atomic E-state index is -1.19. The third-order valence-corrected chi connectivity index (χ3v) is 10.3. The molecule has 7 atom stereocenters. The first kappa shape index (κ1) is 26.2. The van der Waals surface area contributed by atoms with Crippen LogP contribution in [-0.2, 0) is 19.2 Å². The van der Waals surface area contributed by atoms with Crippen LogP contribution in [0.4, 0.5) is 0 Å². The number of aliphatic hydroxyl groups is 1. The van der Waals surface area contributed by atoms with Gasteiger partial charge >= 0.3 is 5.97 Å². The Balaban J connectivity index is 1.43. The van der Waals surface area contributed by atoms with Crippen LogP contribution in [0.15, 0.2) is 16.8 Å². The molecule has 0 radical (unpaired) electrons. The number of nitrogens with one attached hydrogen (secondary N) is 1. The van der Waals surface area contributed by atoms with Crippen molar-refractivity contribution < 1.29 is 29.4 Å². The molecular formula is C26H38N2O6S. The van der Waals surface area contributed by atoms with Crippen LogP contribution in [0.3, 0.4) is 0 Å². The molecule has 3 fully saturated rings. The van der Waals surface area contributed by atoms with Crippen molar-refractivity contribution in [2.45, 2.75) is 83.8 Å². The lowest BCUT2D eigenvalue weighted by atomic mass is 9.46. The topological polar surface area (TPSA) is 125 Å². The third-order valence-electron chi connectivity index (χ3n) is 9.90. The van der Waals surface area contributed by atoms with Gasteiger partial charge in [0.15, 0.2) is 12.4 Å². The lowest BCUT2D eigenvalue weighted by Gasteiger charge is -2.59. The van der Waals surface area contributed by atoms with Crippen molar-refractivity contribution in [3.8, 4) is 0 Å². The first-order chi connectivity index (χ1) is 16.5. The van der Waals surface area contributed by atoms with Crippen molar-refractivity contribution in [2.24, 2.45) is 33.7 Å². The number of nitrogens with zero attached hydrogens (tertiary/aromatic N) is 1. The van der Waals surface area contributed by atoms with Gasteiger partial charge in [-0.1, -0.05) is 24.6 Å². The lowest BCUT2D eigenvalue weighted by molar-refractivity contribution is -0.159. The van der Waals surface area contributed by atoms with Gasteiger partial charge in [0.2, 0.25) is 0 Å². The van der Waals surface area contributed by atoms with Crippen LogP contribution in [0.2, 0.25) is 0 Å². The molecule has 0 aromatic rings. The molecule has 0 aromatic carbocycles. The fourth-order valence-corrected chi connectivity index (χ4v) is 8.08. The molecule has 0 saturated heterocycles. The lowest BCUT2D eigenvalue weighted by Crippen LogP contribution is -2.57. The van der Waals surface area contributed by atoms with E-state index in [-0.39, 0.29) is 29.0 Å². The molecule has 3 N–H and O–H groups in total. The zero-order valence-corrected chi connectivity index (χ0v) is 21.8. The maximum absolute atomic E-state index is 12.4. The Bertz CT molecular complexity index is 965. The maximum atomic E-state index is 12.4. The van der Waals surface area contributed by atoms with Crippen LogP contribution in [0, 0.1) is 28.6 Å². The van der Waals surface area contributed by atoms with Gasteiger partial charge in [-0.15, -0.1) is 0 Å². The second-order valence-corrected chi connectivity index (χ2v) is 11.8. The van der Waals surface area contributed by atoms with Gasteiger partial charge in [-0.3, -0.25) is 9.59 Å². The van der Waals surface area contributed by atoms with Crippen molar-refractivity contribution in [1.29, 1.82) is 0 Å². The molecule has 4 rings (SSSR count). The summed E-state index contributed by atoms with van der Waals surface area (Å²) in [6, 6.07) is -1.06. The number of Topliss-reactive ketones (excluding diaryl/α,β-unsaturated/α-hetero) is 1. The van der Waals surface area contributed by atoms with E-state index in [4.69, 9.17) is 9.94 Å². The van der Waals surface area contributed by atoms with E-state index in [1.54, 1.807) is 6.92 Å². The van der Waals surface area contributed by atoms with Crippen LogP contribution in [0.1, 0.15) is 72.1 Å². The van der Waals surface area contributed by atoms with Gasteiger partial charge in [-0.2, -0.15) is 12.6 Å². The van der Waals surface area contributed by atoms with Gasteiger partial charge in [0.25, 0.3) is 5.91 Å². The zero-order chi connectivity index (χ0) is 25.6. The number of carboxylic acids is 1. The molecule has 0 aromatic heterocycles. The summed E-state index contributed by atoms with van der Waals surface area (Å²) >= 11 is 3.93. The number of rotatable bonds is 7. The standard InChI is InChI=1S/C26H38N2O6S/c1-15(29)26(33)11-8-20-18-5-4-16-12-17(28-34-13-22(30)27-21(14-35)23(31)32)6-9-24(16,2)19(18)7-10-25(20,26)3/h12,18-21,33,35H,4-11,13-14H2,1-3H3,(H,27,30)(H,31,32)/t18?,19?,20?,21?,24-,25-,26-/m0/s1. The molecule has 4 aliphatic carbocycles. The molecule has 0 heterocycles. The minimum absolute atomic E-state index is 0.00349. The number of amides is 1. The van der Waals surface area contributed by atoms with E-state index in [1.807, 2.05) is 0 Å². The summed E-state index contributed by atoms with van der Waals surface area (Å²) in [4.78, 5) is 40.6.